The number of carboxylic acid groups (broad SMARTS) is 1. The van der Waals surface area contributed by atoms with E-state index in [1.165, 1.54) is 0 Å². The Hall–Kier alpha value is -0.550. The highest BCUT2D eigenvalue weighted by Gasteiger charge is 2.49. The minimum atomic E-state index is -1.01. The molecule has 0 bridgehead atoms. The molecule has 2 saturated heterocycles. The van der Waals surface area contributed by atoms with E-state index in [2.05, 4.69) is 0 Å². The Kier molecular flexibility index (Phi) is 1.43. The van der Waals surface area contributed by atoms with Gasteiger partial charge in [-0.05, 0) is 6.42 Å². The second-order valence-electron chi connectivity index (χ2n) is 2.66. The molecule has 0 aliphatic carbocycles. The van der Waals surface area contributed by atoms with Crippen molar-refractivity contribution in [2.75, 3.05) is 6.54 Å². The Labute approximate surface area is 67.6 Å². The molecule has 0 radical (unpaired) electrons. The standard InChI is InChI=1S/C6H7NO3S/c8-5(9)4-6(10)11-3-1-2-7(3)4/h3-4H,1-2H2,(H,8,9). The summed E-state index contributed by atoms with van der Waals surface area (Å²) < 4.78 is 0. The van der Waals surface area contributed by atoms with Gasteiger partial charge in [-0.25, -0.2) is 4.79 Å². The summed E-state index contributed by atoms with van der Waals surface area (Å²) in [5, 5.41) is 8.58. The number of carbonyl (C=O) groups is 2. The minimum Gasteiger partial charge on any atom is -0.480 e. The molecule has 0 aromatic heterocycles. The van der Waals surface area contributed by atoms with E-state index in [0.29, 0.717) is 0 Å². The van der Waals surface area contributed by atoms with Gasteiger partial charge in [0.25, 0.3) is 0 Å². The van der Waals surface area contributed by atoms with Gasteiger partial charge in [0.2, 0.25) is 5.12 Å². The van der Waals surface area contributed by atoms with Gasteiger partial charge in [-0.2, -0.15) is 0 Å². The number of carboxylic acids is 1. The van der Waals surface area contributed by atoms with Crippen LogP contribution in [0.5, 0.6) is 0 Å². The summed E-state index contributed by atoms with van der Waals surface area (Å²) in [6.45, 7) is 0.750. The van der Waals surface area contributed by atoms with Crippen molar-refractivity contribution >= 4 is 22.8 Å². The van der Waals surface area contributed by atoms with Crippen LogP contribution in [-0.4, -0.2) is 39.1 Å². The molecule has 2 unspecified atom stereocenters. The van der Waals surface area contributed by atoms with Crippen molar-refractivity contribution in [3.05, 3.63) is 0 Å². The molecular weight excluding hydrogens is 166 g/mol. The zero-order valence-electron chi connectivity index (χ0n) is 5.69. The van der Waals surface area contributed by atoms with E-state index >= 15 is 0 Å². The van der Waals surface area contributed by atoms with Gasteiger partial charge in [0.1, 0.15) is 0 Å². The Bertz CT molecular complexity index is 230. The highest BCUT2D eigenvalue weighted by Crippen LogP contribution is 2.39. The fraction of sp³-hybridized carbons (Fsp3) is 0.667. The molecule has 0 aromatic carbocycles. The van der Waals surface area contributed by atoms with Crippen molar-refractivity contribution in [2.45, 2.75) is 17.8 Å². The van der Waals surface area contributed by atoms with Gasteiger partial charge in [0, 0.05) is 6.54 Å². The Morgan fingerprint density at radius 1 is 1.73 bits per heavy atom. The van der Waals surface area contributed by atoms with Crippen LogP contribution < -0.4 is 0 Å². The van der Waals surface area contributed by atoms with Gasteiger partial charge >= 0.3 is 5.97 Å². The second kappa shape index (κ2) is 2.22. The highest BCUT2D eigenvalue weighted by molar-refractivity contribution is 8.14. The zero-order valence-corrected chi connectivity index (χ0v) is 6.50. The maximum absolute atomic E-state index is 11.0. The fourth-order valence-corrected chi connectivity index (χ4v) is 2.60. The molecule has 5 heteroatoms. The molecule has 11 heavy (non-hydrogen) atoms. The lowest BCUT2D eigenvalue weighted by molar-refractivity contribution is -0.146. The average molecular weight is 173 g/mol. The molecule has 2 fully saturated rings. The Balaban J connectivity index is 2.19. The van der Waals surface area contributed by atoms with E-state index in [1.807, 2.05) is 0 Å². The van der Waals surface area contributed by atoms with E-state index in [0.717, 1.165) is 24.7 Å². The molecule has 60 valence electrons. The van der Waals surface area contributed by atoms with Crippen LogP contribution in [0.2, 0.25) is 0 Å². The molecule has 0 saturated carbocycles. The van der Waals surface area contributed by atoms with Crippen LogP contribution in [0.1, 0.15) is 6.42 Å². The fourth-order valence-electron chi connectivity index (χ4n) is 1.38. The summed E-state index contributed by atoms with van der Waals surface area (Å²) in [6.07, 6.45) is 0.945. The van der Waals surface area contributed by atoms with Crippen LogP contribution in [0.25, 0.3) is 0 Å². The molecule has 2 rings (SSSR count). The molecular formula is C6H7NO3S. The smallest absolute Gasteiger partial charge is 0.329 e. The number of hydrogen-bond donors (Lipinski definition) is 1. The van der Waals surface area contributed by atoms with Crippen molar-refractivity contribution in [1.29, 1.82) is 0 Å². The number of rotatable bonds is 1. The summed E-state index contributed by atoms with van der Waals surface area (Å²) in [7, 11) is 0. The largest absolute Gasteiger partial charge is 0.480 e. The van der Waals surface area contributed by atoms with Crippen LogP contribution in [0, 0.1) is 0 Å². The van der Waals surface area contributed by atoms with Crippen molar-refractivity contribution in [3.8, 4) is 0 Å². The van der Waals surface area contributed by atoms with E-state index in [4.69, 9.17) is 5.11 Å². The summed E-state index contributed by atoms with van der Waals surface area (Å²) in [5.41, 5.74) is 0. The van der Waals surface area contributed by atoms with Gasteiger partial charge in [-0.1, -0.05) is 11.8 Å². The predicted octanol–water partition coefficient (Wildman–Crippen LogP) is -0.255. The lowest BCUT2D eigenvalue weighted by Gasteiger charge is -2.34. The van der Waals surface area contributed by atoms with Crippen molar-refractivity contribution in [3.63, 3.8) is 0 Å². The summed E-state index contributed by atoms with van der Waals surface area (Å²) in [4.78, 5) is 23.3. The van der Waals surface area contributed by atoms with E-state index in [9.17, 15) is 9.59 Å². The maximum atomic E-state index is 11.0. The minimum absolute atomic E-state index is 0.156. The Morgan fingerprint density at radius 3 is 2.73 bits per heavy atom. The third-order valence-corrected chi connectivity index (χ3v) is 3.28. The average Bonchev–Trinajstić information content (AvgIpc) is 2.10. The predicted molar refractivity (Wildman–Crippen MR) is 39.1 cm³/mol. The van der Waals surface area contributed by atoms with Gasteiger partial charge in [-0.3, -0.25) is 9.69 Å². The first-order valence-electron chi connectivity index (χ1n) is 3.39. The van der Waals surface area contributed by atoms with Gasteiger partial charge in [0.05, 0.1) is 5.37 Å². The van der Waals surface area contributed by atoms with Gasteiger partial charge in [0.15, 0.2) is 6.04 Å². The lowest BCUT2D eigenvalue weighted by atomic mass is 10.1. The third kappa shape index (κ3) is 0.877. The first-order valence-corrected chi connectivity index (χ1v) is 4.27. The molecule has 2 atom stereocenters. The maximum Gasteiger partial charge on any atom is 0.329 e. The second-order valence-corrected chi connectivity index (χ2v) is 3.84. The molecule has 1 N–H and O–H groups in total. The molecule has 4 nitrogen and oxygen atoms in total. The number of thioether (sulfide) groups is 1. The molecule has 0 aromatic rings. The van der Waals surface area contributed by atoms with Crippen LogP contribution in [0.15, 0.2) is 0 Å². The molecule has 2 heterocycles. The van der Waals surface area contributed by atoms with E-state index in [-0.39, 0.29) is 10.5 Å². The third-order valence-electron chi connectivity index (χ3n) is 2.05. The monoisotopic (exact) mass is 173 g/mol. The highest BCUT2D eigenvalue weighted by atomic mass is 32.2. The number of carbonyl (C=O) groups excluding carboxylic acids is 1. The van der Waals surface area contributed by atoms with Crippen molar-refractivity contribution < 1.29 is 14.7 Å². The SMILES string of the molecule is O=C(O)C1C(=O)SC2CCN21. The van der Waals surface area contributed by atoms with Crippen LogP contribution in [0.3, 0.4) is 0 Å². The number of hydrogen-bond acceptors (Lipinski definition) is 4. The molecule has 0 spiro atoms. The van der Waals surface area contributed by atoms with Crippen LogP contribution in [-0.2, 0) is 9.59 Å². The summed E-state index contributed by atoms with van der Waals surface area (Å²) in [6, 6.07) is -0.862. The van der Waals surface area contributed by atoms with Crippen LogP contribution in [0.4, 0.5) is 0 Å². The van der Waals surface area contributed by atoms with Crippen LogP contribution >= 0.6 is 11.8 Å². The molecule has 2 aliphatic rings. The number of nitrogens with zero attached hydrogens (tertiary/aromatic N) is 1. The summed E-state index contributed by atoms with van der Waals surface area (Å²) >= 11 is 1.16. The van der Waals surface area contributed by atoms with Crippen molar-refractivity contribution in [2.24, 2.45) is 0 Å². The number of aliphatic carboxylic acids is 1. The van der Waals surface area contributed by atoms with Gasteiger partial charge < -0.3 is 5.11 Å². The van der Waals surface area contributed by atoms with Gasteiger partial charge in [-0.15, -0.1) is 0 Å². The molecule has 2 aliphatic heterocycles. The first kappa shape index (κ1) is 7.12. The molecule has 0 amide bonds. The quantitative estimate of drug-likeness (QED) is 0.554. The first-order chi connectivity index (χ1) is 5.20. The zero-order chi connectivity index (χ0) is 8.01. The lowest BCUT2D eigenvalue weighted by Crippen LogP contribution is -2.50. The Morgan fingerprint density at radius 2 is 2.45 bits per heavy atom. The normalized spacial score (nSPS) is 36.5. The summed E-state index contributed by atoms with van der Waals surface area (Å²) in [5.74, 6) is -1.01. The van der Waals surface area contributed by atoms with E-state index in [1.54, 1.807) is 4.90 Å². The topological polar surface area (TPSA) is 57.6 Å². The number of fused-ring (bicyclic) bond motifs is 1. The van der Waals surface area contributed by atoms with E-state index < -0.39 is 12.0 Å². The van der Waals surface area contributed by atoms with Crippen molar-refractivity contribution in [1.82, 2.24) is 4.90 Å².